The van der Waals surface area contributed by atoms with Gasteiger partial charge in [-0.05, 0) is 29.8 Å². The number of hydrogen-bond donors (Lipinski definition) is 0. The third-order valence-corrected chi connectivity index (χ3v) is 4.45. The van der Waals surface area contributed by atoms with Crippen molar-refractivity contribution in [2.45, 2.75) is 18.1 Å². The van der Waals surface area contributed by atoms with E-state index in [2.05, 4.69) is 9.72 Å². The van der Waals surface area contributed by atoms with E-state index >= 15 is 0 Å². The zero-order valence-corrected chi connectivity index (χ0v) is 12.9. The number of rotatable bonds is 6. The first-order valence-electron chi connectivity index (χ1n) is 6.91. The Hall–Kier alpha value is -2.28. The van der Waals surface area contributed by atoms with Crippen molar-refractivity contribution >= 4 is 16.4 Å². The molecule has 7 heteroatoms. The Morgan fingerprint density at radius 2 is 2.04 bits per heavy atom. The highest BCUT2D eigenvalue weighted by Gasteiger charge is 2.09. The average Bonchev–Trinajstić information content (AvgIpc) is 2.88. The summed E-state index contributed by atoms with van der Waals surface area (Å²) in [5.41, 5.74) is 2.21. The van der Waals surface area contributed by atoms with E-state index in [-0.39, 0.29) is 11.5 Å². The molecule has 0 unspecified atom stereocenters. The number of halogens is 2. The third kappa shape index (κ3) is 4.13. The van der Waals surface area contributed by atoms with Crippen molar-refractivity contribution in [3.8, 4) is 5.75 Å². The molecule has 3 aromatic rings. The molecular formula is C16H14F2N2O2S. The van der Waals surface area contributed by atoms with Crippen molar-refractivity contribution in [2.75, 3.05) is 0 Å². The number of ether oxygens (including phenoxy) is 1. The number of nitrogens with zero attached hydrogens (tertiary/aromatic N) is 2. The smallest absolute Gasteiger partial charge is 0.387 e. The molecule has 0 aliphatic carbocycles. The van der Waals surface area contributed by atoms with Gasteiger partial charge in [0.2, 0.25) is 0 Å². The van der Waals surface area contributed by atoms with Crippen LogP contribution in [0.1, 0.15) is 11.3 Å². The third-order valence-electron chi connectivity index (χ3n) is 3.17. The molecule has 2 heterocycles. The van der Waals surface area contributed by atoms with Gasteiger partial charge in [0.05, 0.1) is 11.4 Å². The van der Waals surface area contributed by atoms with Gasteiger partial charge in [0, 0.05) is 28.9 Å². The van der Waals surface area contributed by atoms with Crippen molar-refractivity contribution in [1.29, 1.82) is 0 Å². The molecule has 0 spiro atoms. The lowest BCUT2D eigenvalue weighted by Gasteiger charge is -2.06. The van der Waals surface area contributed by atoms with Gasteiger partial charge < -0.3 is 9.14 Å². The molecule has 23 heavy (non-hydrogen) atoms. The van der Waals surface area contributed by atoms with Crippen LogP contribution in [0.25, 0.3) is 5.65 Å². The number of aromatic nitrogens is 2. The molecule has 0 fully saturated rings. The Morgan fingerprint density at radius 3 is 2.83 bits per heavy atom. The Morgan fingerprint density at radius 1 is 1.17 bits per heavy atom. The van der Waals surface area contributed by atoms with Crippen LogP contribution in [-0.2, 0) is 22.3 Å². The van der Waals surface area contributed by atoms with Gasteiger partial charge in [0.25, 0.3) is 0 Å². The van der Waals surface area contributed by atoms with Gasteiger partial charge in [-0.3, -0.25) is 4.21 Å². The lowest BCUT2D eigenvalue weighted by molar-refractivity contribution is -0.0498. The van der Waals surface area contributed by atoms with Crippen LogP contribution in [0.4, 0.5) is 8.78 Å². The summed E-state index contributed by atoms with van der Waals surface area (Å²) >= 11 is 0. The molecular weight excluding hydrogens is 322 g/mol. The Bertz CT molecular complexity index is 803. The Labute approximate surface area is 134 Å². The van der Waals surface area contributed by atoms with Crippen LogP contribution < -0.4 is 4.74 Å². The van der Waals surface area contributed by atoms with E-state index in [1.165, 1.54) is 12.1 Å². The molecule has 4 nitrogen and oxygen atoms in total. The second kappa shape index (κ2) is 6.87. The quantitative estimate of drug-likeness (QED) is 0.693. The topological polar surface area (TPSA) is 43.6 Å². The van der Waals surface area contributed by atoms with Gasteiger partial charge in [-0.1, -0.05) is 18.2 Å². The van der Waals surface area contributed by atoms with Gasteiger partial charge >= 0.3 is 6.61 Å². The number of hydrogen-bond acceptors (Lipinski definition) is 3. The molecule has 120 valence electrons. The molecule has 0 radical (unpaired) electrons. The largest absolute Gasteiger partial charge is 0.435 e. The van der Waals surface area contributed by atoms with Crippen molar-refractivity contribution in [1.82, 2.24) is 9.38 Å². The summed E-state index contributed by atoms with van der Waals surface area (Å²) in [6, 6.07) is 11.9. The lowest BCUT2D eigenvalue weighted by Crippen LogP contribution is -2.03. The van der Waals surface area contributed by atoms with Crippen molar-refractivity contribution in [3.05, 3.63) is 66.1 Å². The minimum Gasteiger partial charge on any atom is -0.435 e. The SMILES string of the molecule is O=[S@](Cc1cccc(OC(F)F)c1)Cc1cn2ccccc2n1. The van der Waals surface area contributed by atoms with E-state index in [0.717, 1.165) is 11.3 Å². The van der Waals surface area contributed by atoms with Crippen molar-refractivity contribution in [2.24, 2.45) is 0 Å². The predicted octanol–water partition coefficient (Wildman–Crippen LogP) is 3.38. The molecule has 0 saturated carbocycles. The van der Waals surface area contributed by atoms with E-state index in [1.54, 1.807) is 12.1 Å². The van der Waals surface area contributed by atoms with E-state index in [0.29, 0.717) is 11.3 Å². The van der Waals surface area contributed by atoms with Crippen LogP contribution >= 0.6 is 0 Å². The summed E-state index contributed by atoms with van der Waals surface area (Å²) in [5.74, 6) is 0.637. The molecule has 0 N–H and O–H groups in total. The number of fused-ring (bicyclic) bond motifs is 1. The summed E-state index contributed by atoms with van der Waals surface area (Å²) < 4.78 is 42.9. The molecule has 0 aliphatic rings. The van der Waals surface area contributed by atoms with E-state index in [4.69, 9.17) is 0 Å². The summed E-state index contributed by atoms with van der Waals surface area (Å²) in [6.07, 6.45) is 3.71. The van der Waals surface area contributed by atoms with Crippen LogP contribution in [0.2, 0.25) is 0 Å². The van der Waals surface area contributed by atoms with Crippen LogP contribution in [-0.4, -0.2) is 20.2 Å². The highest BCUT2D eigenvalue weighted by molar-refractivity contribution is 7.83. The fourth-order valence-corrected chi connectivity index (χ4v) is 3.39. The highest BCUT2D eigenvalue weighted by atomic mass is 32.2. The summed E-state index contributed by atoms with van der Waals surface area (Å²) in [5, 5.41) is 0. The standard InChI is InChI=1S/C16H14F2N2O2S/c17-16(18)22-14-5-3-4-12(8-14)10-23(21)11-13-9-20-7-2-1-6-15(20)19-13/h1-9,16H,10-11H2/t23-/m1/s1. The van der Waals surface area contributed by atoms with E-state index in [9.17, 15) is 13.0 Å². The van der Waals surface area contributed by atoms with Crippen LogP contribution in [0.15, 0.2) is 54.9 Å². The van der Waals surface area contributed by atoms with E-state index < -0.39 is 17.4 Å². The number of benzene rings is 1. The van der Waals surface area contributed by atoms with Gasteiger partial charge in [0.15, 0.2) is 0 Å². The van der Waals surface area contributed by atoms with Gasteiger partial charge in [-0.2, -0.15) is 8.78 Å². The fraction of sp³-hybridized carbons (Fsp3) is 0.188. The molecule has 3 rings (SSSR count). The van der Waals surface area contributed by atoms with Crippen molar-refractivity contribution < 1.29 is 17.7 Å². The molecule has 0 aliphatic heterocycles. The number of imidazole rings is 1. The molecule has 0 amide bonds. The van der Waals surface area contributed by atoms with Crippen LogP contribution in [0.3, 0.4) is 0 Å². The van der Waals surface area contributed by atoms with E-state index in [1.807, 2.05) is 35.0 Å². The summed E-state index contributed by atoms with van der Waals surface area (Å²) in [7, 11) is -1.19. The second-order valence-electron chi connectivity index (χ2n) is 4.95. The molecule has 1 aromatic carbocycles. The minimum absolute atomic E-state index is 0.0715. The molecule has 1 atom stereocenters. The number of pyridine rings is 1. The van der Waals surface area contributed by atoms with Crippen LogP contribution in [0.5, 0.6) is 5.75 Å². The molecule has 0 saturated heterocycles. The summed E-state index contributed by atoms with van der Waals surface area (Å²) in [6.45, 7) is -2.87. The zero-order valence-electron chi connectivity index (χ0n) is 12.1. The first-order chi connectivity index (χ1) is 11.1. The first kappa shape index (κ1) is 15.6. The van der Waals surface area contributed by atoms with Gasteiger partial charge in [-0.25, -0.2) is 4.98 Å². The maximum atomic E-state index is 12.3. The monoisotopic (exact) mass is 336 g/mol. The zero-order chi connectivity index (χ0) is 16.2. The summed E-state index contributed by atoms with van der Waals surface area (Å²) in [4.78, 5) is 4.40. The fourth-order valence-electron chi connectivity index (χ4n) is 2.27. The number of alkyl halides is 2. The van der Waals surface area contributed by atoms with Crippen molar-refractivity contribution in [3.63, 3.8) is 0 Å². The average molecular weight is 336 g/mol. The minimum atomic E-state index is -2.87. The first-order valence-corrected chi connectivity index (χ1v) is 8.40. The highest BCUT2D eigenvalue weighted by Crippen LogP contribution is 2.18. The van der Waals surface area contributed by atoms with Gasteiger partial charge in [0.1, 0.15) is 11.4 Å². The normalized spacial score (nSPS) is 12.7. The molecule has 0 bridgehead atoms. The maximum absolute atomic E-state index is 12.3. The maximum Gasteiger partial charge on any atom is 0.387 e. The van der Waals surface area contributed by atoms with Crippen LogP contribution in [0, 0.1) is 0 Å². The molecule has 2 aromatic heterocycles. The second-order valence-corrected chi connectivity index (χ2v) is 6.41. The Kier molecular flexibility index (Phi) is 4.66. The Balaban J connectivity index is 1.67. The van der Waals surface area contributed by atoms with Gasteiger partial charge in [-0.15, -0.1) is 0 Å². The lowest BCUT2D eigenvalue weighted by atomic mass is 10.2. The predicted molar refractivity (Wildman–Crippen MR) is 83.8 cm³/mol.